The van der Waals surface area contributed by atoms with Gasteiger partial charge in [0.05, 0.1) is 12.2 Å². The van der Waals surface area contributed by atoms with E-state index in [1.54, 1.807) is 13.8 Å². The number of aryl methyl sites for hydroxylation is 2. The Labute approximate surface area is 203 Å². The van der Waals surface area contributed by atoms with Crippen LogP contribution in [-0.4, -0.2) is 45.4 Å². The van der Waals surface area contributed by atoms with E-state index in [-0.39, 0.29) is 24.3 Å². The number of rotatable bonds is 13. The fraction of sp³-hybridized carbons (Fsp3) is 0.556. The highest BCUT2D eigenvalue weighted by Crippen LogP contribution is 2.41. The van der Waals surface area contributed by atoms with Gasteiger partial charge in [-0.15, -0.1) is 0 Å². The van der Waals surface area contributed by atoms with Crippen LogP contribution in [0.2, 0.25) is 0 Å². The smallest absolute Gasteiger partial charge is 0.303 e. The van der Waals surface area contributed by atoms with Crippen molar-refractivity contribution < 1.29 is 24.5 Å². The highest BCUT2D eigenvalue weighted by molar-refractivity contribution is 5.93. The zero-order valence-electron chi connectivity index (χ0n) is 21.4. The summed E-state index contributed by atoms with van der Waals surface area (Å²) in [6.07, 6.45) is 4.34. The van der Waals surface area contributed by atoms with E-state index in [1.165, 1.54) is 0 Å². The van der Waals surface area contributed by atoms with Gasteiger partial charge in [-0.1, -0.05) is 26.0 Å². The van der Waals surface area contributed by atoms with Crippen LogP contribution >= 0.6 is 0 Å². The Morgan fingerprint density at radius 1 is 1.09 bits per heavy atom. The van der Waals surface area contributed by atoms with Crippen molar-refractivity contribution in [3.8, 4) is 5.75 Å². The Balaban J connectivity index is 2.35. The normalized spacial score (nSPS) is 12.0. The lowest BCUT2D eigenvalue weighted by molar-refractivity contribution is -0.137. The van der Waals surface area contributed by atoms with Crippen molar-refractivity contribution in [2.75, 3.05) is 13.2 Å². The van der Waals surface area contributed by atoms with E-state index in [1.807, 2.05) is 30.5 Å². The molecule has 2 aromatic rings. The second-order valence-corrected chi connectivity index (χ2v) is 9.51. The lowest BCUT2D eigenvalue weighted by atomic mass is 9.71. The second kappa shape index (κ2) is 11.6. The molecule has 1 amide bonds. The van der Waals surface area contributed by atoms with Crippen LogP contribution in [-0.2, 0) is 16.8 Å². The van der Waals surface area contributed by atoms with Crippen molar-refractivity contribution in [1.82, 2.24) is 9.88 Å². The molecule has 0 unspecified atom stereocenters. The molecule has 1 aromatic heterocycles. The van der Waals surface area contributed by atoms with E-state index >= 15 is 0 Å². The van der Waals surface area contributed by atoms with Gasteiger partial charge in [0.2, 0.25) is 0 Å². The molecule has 0 saturated carbocycles. The third-order valence-electron chi connectivity index (χ3n) is 6.43. The van der Waals surface area contributed by atoms with Gasteiger partial charge in [-0.05, 0) is 75.8 Å². The molecule has 0 aliphatic heterocycles. The summed E-state index contributed by atoms with van der Waals surface area (Å²) in [5, 5.41) is 21.6. The number of carbonyl (C=O) groups excluding carboxylic acids is 1. The van der Waals surface area contributed by atoms with Crippen LogP contribution in [0.4, 0.5) is 0 Å². The molecule has 1 heterocycles. The van der Waals surface area contributed by atoms with E-state index < -0.39 is 11.6 Å². The average molecular weight is 473 g/mol. The first kappa shape index (κ1) is 27.4. The molecular formula is C27H40N2O5. The molecule has 1 aromatic carbocycles. The number of aliphatic carboxylic acids is 1. The first-order valence-corrected chi connectivity index (χ1v) is 12.1. The molecule has 0 aliphatic rings. The maximum atomic E-state index is 12.9. The van der Waals surface area contributed by atoms with Gasteiger partial charge >= 0.3 is 5.97 Å². The third kappa shape index (κ3) is 6.63. The van der Waals surface area contributed by atoms with E-state index in [2.05, 4.69) is 37.5 Å². The number of ether oxygens (including phenoxy) is 1. The number of aliphatic hydroxyl groups is 1. The molecule has 0 spiro atoms. The largest absolute Gasteiger partial charge is 0.493 e. The molecule has 0 aliphatic carbocycles. The van der Waals surface area contributed by atoms with E-state index in [4.69, 9.17) is 9.84 Å². The quantitative estimate of drug-likeness (QED) is 0.368. The Morgan fingerprint density at radius 2 is 1.76 bits per heavy atom. The Morgan fingerprint density at radius 3 is 2.29 bits per heavy atom. The van der Waals surface area contributed by atoms with Crippen LogP contribution in [0, 0.1) is 6.92 Å². The van der Waals surface area contributed by atoms with Crippen molar-refractivity contribution in [3.05, 3.63) is 52.8 Å². The lowest BCUT2D eigenvalue weighted by Crippen LogP contribution is -2.38. The molecule has 0 atom stereocenters. The summed E-state index contributed by atoms with van der Waals surface area (Å²) in [5.74, 6) is -0.260. The highest BCUT2D eigenvalue weighted by Gasteiger charge is 2.33. The van der Waals surface area contributed by atoms with E-state index in [0.29, 0.717) is 25.3 Å². The molecule has 0 fully saturated rings. The summed E-state index contributed by atoms with van der Waals surface area (Å²) in [4.78, 5) is 23.6. The van der Waals surface area contributed by atoms with Crippen molar-refractivity contribution >= 4 is 11.9 Å². The summed E-state index contributed by atoms with van der Waals surface area (Å²) in [6.45, 7) is 12.9. The van der Waals surface area contributed by atoms with Crippen LogP contribution in [0.1, 0.15) is 87.5 Å². The molecule has 0 saturated heterocycles. The summed E-state index contributed by atoms with van der Waals surface area (Å²) in [6, 6.07) is 8.14. The third-order valence-corrected chi connectivity index (χ3v) is 6.43. The zero-order valence-corrected chi connectivity index (χ0v) is 21.4. The molecule has 3 N–H and O–H groups in total. The van der Waals surface area contributed by atoms with Crippen molar-refractivity contribution in [3.63, 3.8) is 0 Å². The standard InChI is InChI=1S/C27H40N2O5/c1-7-27(8-2,20-12-13-23(19(4)15-20)34-14-10-11-24(30)31)21-16-22(29(9-3)17-21)25(32)28-18-26(5,6)33/h12-13,15-17,33H,7-11,14,18H2,1-6H3,(H,28,32)(H,30,31). The fourth-order valence-corrected chi connectivity index (χ4v) is 4.36. The van der Waals surface area contributed by atoms with Crippen LogP contribution in [0.3, 0.4) is 0 Å². The minimum atomic E-state index is -0.978. The molecule has 7 nitrogen and oxygen atoms in total. The summed E-state index contributed by atoms with van der Waals surface area (Å²) < 4.78 is 7.77. The van der Waals surface area contributed by atoms with Crippen LogP contribution < -0.4 is 10.1 Å². The van der Waals surface area contributed by atoms with E-state index in [9.17, 15) is 14.7 Å². The summed E-state index contributed by atoms with van der Waals surface area (Å²) in [5.41, 5.74) is 2.58. The summed E-state index contributed by atoms with van der Waals surface area (Å²) >= 11 is 0. The zero-order chi connectivity index (χ0) is 25.5. The van der Waals surface area contributed by atoms with Gasteiger partial charge in [0.1, 0.15) is 11.4 Å². The van der Waals surface area contributed by atoms with Gasteiger partial charge in [0.25, 0.3) is 5.91 Å². The van der Waals surface area contributed by atoms with Crippen LogP contribution in [0.15, 0.2) is 30.5 Å². The number of nitrogens with zero attached hydrogens (tertiary/aromatic N) is 1. The minimum Gasteiger partial charge on any atom is -0.493 e. The molecular weight excluding hydrogens is 432 g/mol. The van der Waals surface area contributed by atoms with Gasteiger partial charge in [-0.25, -0.2) is 0 Å². The molecule has 0 radical (unpaired) electrons. The number of hydrogen-bond donors (Lipinski definition) is 3. The topological polar surface area (TPSA) is 101 Å². The number of carboxylic acid groups (broad SMARTS) is 1. The number of nitrogens with one attached hydrogen (secondary N) is 1. The van der Waals surface area contributed by atoms with Crippen molar-refractivity contribution in [1.29, 1.82) is 0 Å². The minimum absolute atomic E-state index is 0.0893. The second-order valence-electron chi connectivity index (χ2n) is 9.51. The number of benzene rings is 1. The number of carbonyl (C=O) groups is 2. The van der Waals surface area contributed by atoms with Gasteiger partial charge in [0, 0.05) is 31.1 Å². The van der Waals surface area contributed by atoms with Gasteiger partial charge < -0.3 is 24.8 Å². The monoisotopic (exact) mass is 472 g/mol. The number of hydrogen-bond acceptors (Lipinski definition) is 4. The first-order chi connectivity index (χ1) is 16.0. The summed E-state index contributed by atoms with van der Waals surface area (Å²) in [7, 11) is 0. The van der Waals surface area contributed by atoms with Crippen molar-refractivity contribution in [2.24, 2.45) is 0 Å². The predicted octanol–water partition coefficient (Wildman–Crippen LogP) is 4.67. The molecule has 7 heteroatoms. The van der Waals surface area contributed by atoms with Gasteiger partial charge in [0.15, 0.2) is 0 Å². The fourth-order valence-electron chi connectivity index (χ4n) is 4.36. The maximum absolute atomic E-state index is 12.9. The lowest BCUT2D eigenvalue weighted by Gasteiger charge is -2.32. The van der Waals surface area contributed by atoms with E-state index in [0.717, 1.165) is 35.3 Å². The van der Waals surface area contributed by atoms with Crippen LogP contribution in [0.25, 0.3) is 0 Å². The average Bonchev–Trinajstić information content (AvgIpc) is 3.21. The van der Waals surface area contributed by atoms with Gasteiger partial charge in [-0.2, -0.15) is 0 Å². The number of amides is 1. The molecule has 2 rings (SSSR count). The predicted molar refractivity (Wildman–Crippen MR) is 134 cm³/mol. The number of aromatic nitrogens is 1. The first-order valence-electron chi connectivity index (χ1n) is 12.1. The van der Waals surface area contributed by atoms with Crippen molar-refractivity contribution in [2.45, 2.75) is 84.8 Å². The van der Waals surface area contributed by atoms with Gasteiger partial charge in [-0.3, -0.25) is 9.59 Å². The Bertz CT molecular complexity index is 983. The molecule has 0 bridgehead atoms. The highest BCUT2D eigenvalue weighted by atomic mass is 16.5. The Kier molecular flexibility index (Phi) is 9.33. The molecule has 188 valence electrons. The maximum Gasteiger partial charge on any atom is 0.303 e. The number of carboxylic acids is 1. The molecule has 34 heavy (non-hydrogen) atoms. The SMILES string of the molecule is CCn1cc(C(CC)(CC)c2ccc(OCCCC(=O)O)c(C)c2)cc1C(=O)NCC(C)(C)O. The Hall–Kier alpha value is -2.80. The van der Waals surface area contributed by atoms with Crippen LogP contribution in [0.5, 0.6) is 5.75 Å².